The van der Waals surface area contributed by atoms with Gasteiger partial charge in [-0.15, -0.1) is 19.7 Å². The van der Waals surface area contributed by atoms with Crippen molar-refractivity contribution in [1.82, 2.24) is 0 Å². The Morgan fingerprint density at radius 3 is 1.15 bits per heavy atom. The predicted molar refractivity (Wildman–Crippen MR) is 183 cm³/mol. The van der Waals surface area contributed by atoms with Gasteiger partial charge in [0.2, 0.25) is 0 Å². The van der Waals surface area contributed by atoms with E-state index in [1.807, 2.05) is 0 Å². The number of hydrogen-bond donors (Lipinski definition) is 0. The molecule has 0 spiro atoms. The lowest BCUT2D eigenvalue weighted by atomic mass is 10.2. The summed E-state index contributed by atoms with van der Waals surface area (Å²) >= 11 is 0. The Bertz CT molecular complexity index is 1050. The Balaban J connectivity index is 1.71. The second-order valence-corrected chi connectivity index (χ2v) is 21.8. The van der Waals surface area contributed by atoms with Crippen molar-refractivity contribution in [1.29, 1.82) is 0 Å². The van der Waals surface area contributed by atoms with Crippen molar-refractivity contribution >= 4 is 35.9 Å². The van der Waals surface area contributed by atoms with Crippen LogP contribution in [0.15, 0.2) is 128 Å². The lowest BCUT2D eigenvalue weighted by molar-refractivity contribution is 0.241. The maximum Gasteiger partial charge on any atom is 0.473 e. The van der Waals surface area contributed by atoms with Crippen LogP contribution in [0.5, 0.6) is 0 Å². The first-order valence-corrected chi connectivity index (χ1v) is 22.8. The summed E-state index contributed by atoms with van der Waals surface area (Å²) in [6.45, 7) is 12.8. The van der Waals surface area contributed by atoms with E-state index in [0.717, 1.165) is 31.0 Å². The van der Waals surface area contributed by atoms with Gasteiger partial charge in [-0.2, -0.15) is 0 Å². The summed E-state index contributed by atoms with van der Waals surface area (Å²) in [4.78, 5) is 0. The Kier molecular flexibility index (Phi) is 13.0. The smallest absolute Gasteiger partial charge is 0.415 e. The van der Waals surface area contributed by atoms with Crippen LogP contribution in [0.2, 0.25) is 5.54 Å². The van der Waals surface area contributed by atoms with Crippen molar-refractivity contribution in [3.05, 3.63) is 145 Å². The first-order valence-electron chi connectivity index (χ1n) is 15.2. The maximum atomic E-state index is 7.42. The van der Waals surface area contributed by atoms with Gasteiger partial charge >= 0.3 is 8.80 Å². The third-order valence-corrected chi connectivity index (χ3v) is 21.3. The van der Waals surface area contributed by atoms with Gasteiger partial charge in [0.25, 0.3) is 0 Å². The summed E-state index contributed by atoms with van der Waals surface area (Å²) in [7, 11) is -8.89. The molecular formula is C34H46O3Si4. The van der Waals surface area contributed by atoms with Gasteiger partial charge in [-0.25, -0.2) is 0 Å². The van der Waals surface area contributed by atoms with Crippen LogP contribution in [0, 0.1) is 0 Å². The Morgan fingerprint density at radius 2 is 0.854 bits per heavy atom. The number of hydrogen-bond acceptors (Lipinski definition) is 3. The topological polar surface area (TPSA) is 27.7 Å². The molecule has 1 aliphatic rings. The molecule has 3 aromatic carbocycles. The van der Waals surface area contributed by atoms with E-state index in [1.54, 1.807) is 0 Å². The second kappa shape index (κ2) is 16.9. The quantitative estimate of drug-likeness (QED) is 0.124. The van der Waals surface area contributed by atoms with Crippen molar-refractivity contribution in [3.63, 3.8) is 0 Å². The normalized spacial score (nSPS) is 17.9. The monoisotopic (exact) mass is 614 g/mol. The molecule has 41 heavy (non-hydrogen) atoms. The molecule has 0 heterocycles. The van der Waals surface area contributed by atoms with Crippen LogP contribution in [-0.2, 0) is 30.5 Å². The molecular weight excluding hydrogens is 569 g/mol. The lowest BCUT2D eigenvalue weighted by Gasteiger charge is -2.42. The molecule has 0 N–H and O–H groups in total. The predicted octanol–water partition coefficient (Wildman–Crippen LogP) is 7.39. The SMILES string of the molecule is C=C[SiH](Cc1ccccc1)O[Si](O[SiH](C=C)Cc1ccccc1)(O[SiH](C=C)Cc1ccccc1)C1CCCCCC1. The first kappa shape index (κ1) is 31.6. The molecule has 3 aromatic rings. The molecule has 1 saturated carbocycles. The highest BCUT2D eigenvalue weighted by Gasteiger charge is 2.52. The zero-order valence-electron chi connectivity index (χ0n) is 24.4. The summed E-state index contributed by atoms with van der Waals surface area (Å²) < 4.78 is 22.2. The van der Waals surface area contributed by atoms with Crippen molar-refractivity contribution in [2.75, 3.05) is 0 Å². The van der Waals surface area contributed by atoms with Gasteiger partial charge in [0, 0.05) is 5.54 Å². The van der Waals surface area contributed by atoms with Crippen LogP contribution in [0.25, 0.3) is 0 Å². The summed E-state index contributed by atoms with van der Waals surface area (Å²) in [6, 6.07) is 34.6. The molecule has 4 rings (SSSR count). The molecule has 3 unspecified atom stereocenters. The zero-order chi connectivity index (χ0) is 28.8. The van der Waals surface area contributed by atoms with E-state index >= 15 is 0 Å². The van der Waals surface area contributed by atoms with Gasteiger partial charge in [0.05, 0.1) is 0 Å². The van der Waals surface area contributed by atoms with Gasteiger partial charge < -0.3 is 12.3 Å². The highest BCUT2D eigenvalue weighted by molar-refractivity contribution is 6.83. The summed E-state index contributed by atoms with van der Waals surface area (Å²) in [5, 5.41) is 0. The third-order valence-electron chi connectivity index (χ3n) is 7.93. The highest BCUT2D eigenvalue weighted by Crippen LogP contribution is 2.40. The highest BCUT2D eigenvalue weighted by atomic mass is 28.5. The molecule has 0 bridgehead atoms. The molecule has 1 aliphatic carbocycles. The first-order chi connectivity index (χ1) is 20.1. The molecule has 216 valence electrons. The van der Waals surface area contributed by atoms with Crippen LogP contribution in [0.3, 0.4) is 0 Å². The van der Waals surface area contributed by atoms with Gasteiger partial charge in [-0.3, -0.25) is 0 Å². The maximum absolute atomic E-state index is 7.42. The molecule has 3 atom stereocenters. The van der Waals surface area contributed by atoms with Crippen molar-refractivity contribution in [2.24, 2.45) is 0 Å². The van der Waals surface area contributed by atoms with Crippen molar-refractivity contribution in [3.8, 4) is 0 Å². The van der Waals surface area contributed by atoms with Crippen LogP contribution < -0.4 is 0 Å². The average Bonchev–Trinajstić information content (AvgIpc) is 3.32. The molecule has 1 fully saturated rings. The molecule has 0 aromatic heterocycles. The van der Waals surface area contributed by atoms with E-state index in [9.17, 15) is 0 Å². The third kappa shape index (κ3) is 9.85. The molecule has 0 amide bonds. The lowest BCUT2D eigenvalue weighted by Crippen LogP contribution is -2.59. The number of benzene rings is 3. The average molecular weight is 615 g/mol. The van der Waals surface area contributed by atoms with Gasteiger partial charge in [0.1, 0.15) is 0 Å². The summed E-state index contributed by atoms with van der Waals surface area (Å²) in [6.07, 6.45) is 7.14. The largest absolute Gasteiger partial charge is 0.473 e. The summed E-state index contributed by atoms with van der Waals surface area (Å²) in [5.74, 6) is 0. The molecule has 3 nitrogen and oxygen atoms in total. The fourth-order valence-electron chi connectivity index (χ4n) is 5.70. The van der Waals surface area contributed by atoms with Gasteiger partial charge in [-0.1, -0.05) is 134 Å². The Hall–Kier alpha value is -2.37. The van der Waals surface area contributed by atoms with E-state index in [-0.39, 0.29) is 0 Å². The van der Waals surface area contributed by atoms with Crippen LogP contribution in [-0.4, -0.2) is 35.9 Å². The molecule has 0 aliphatic heterocycles. The van der Waals surface area contributed by atoms with E-state index < -0.39 is 35.9 Å². The minimum atomic E-state index is -3.17. The van der Waals surface area contributed by atoms with E-state index in [1.165, 1.54) is 42.4 Å². The van der Waals surface area contributed by atoms with Crippen LogP contribution in [0.4, 0.5) is 0 Å². The minimum absolute atomic E-state index is 0.298. The fraction of sp³-hybridized carbons (Fsp3) is 0.294. The standard InChI is InChI=1S/C34H46O3Si4/c1-4-38(28-31-20-12-9-13-21-31)35-41(34-26-18-7-8-19-27-34,36-39(5-2)29-32-22-14-10-15-23-32)37-40(6-3)30-33-24-16-11-17-25-33/h4-6,9-17,20-25,34,38-40H,1-3,7-8,18-19,26-30H2. The Labute approximate surface area is 254 Å². The van der Waals surface area contributed by atoms with Gasteiger partial charge in [-0.05, 0) is 47.7 Å². The van der Waals surface area contributed by atoms with E-state index in [4.69, 9.17) is 12.3 Å². The number of rotatable bonds is 16. The van der Waals surface area contributed by atoms with E-state index in [2.05, 4.69) is 128 Å². The zero-order valence-corrected chi connectivity index (χ0v) is 28.9. The molecule has 0 radical (unpaired) electrons. The van der Waals surface area contributed by atoms with Crippen LogP contribution >= 0.6 is 0 Å². The minimum Gasteiger partial charge on any atom is -0.415 e. The van der Waals surface area contributed by atoms with E-state index in [0.29, 0.717) is 5.54 Å². The van der Waals surface area contributed by atoms with Crippen molar-refractivity contribution < 1.29 is 12.3 Å². The fourth-order valence-corrected chi connectivity index (χ4v) is 21.2. The summed E-state index contributed by atoms with van der Waals surface area (Å²) in [5.41, 5.74) is 10.4. The molecule has 0 saturated heterocycles. The second-order valence-electron chi connectivity index (χ2n) is 11.0. The Morgan fingerprint density at radius 1 is 0.537 bits per heavy atom. The van der Waals surface area contributed by atoms with Crippen LogP contribution in [0.1, 0.15) is 55.2 Å². The molecule has 7 heteroatoms. The van der Waals surface area contributed by atoms with Crippen molar-refractivity contribution in [2.45, 2.75) is 62.2 Å². The van der Waals surface area contributed by atoms with Gasteiger partial charge in [0.15, 0.2) is 27.1 Å².